The van der Waals surface area contributed by atoms with Crippen LogP contribution in [0.25, 0.3) is 21.5 Å². The zero-order valence-electron chi connectivity index (χ0n) is 19.7. The molecular weight excluding hydrogens is 468 g/mol. The number of aliphatic carboxylic acids is 1. The number of nitrogens with zero attached hydrogens (tertiary/aromatic N) is 1. The Morgan fingerprint density at radius 1 is 1.06 bits per heavy atom. The van der Waals surface area contributed by atoms with E-state index < -0.39 is 5.97 Å². The van der Waals surface area contributed by atoms with Crippen LogP contribution in [0.2, 0.25) is 0 Å². The van der Waals surface area contributed by atoms with E-state index in [9.17, 15) is 4.79 Å². The maximum Gasteiger partial charge on any atom is 0.307 e. The number of fused-ring (bicyclic) bond motifs is 1. The number of aromatic amines is 1. The number of ether oxygens (including phenoxy) is 4. The maximum atomic E-state index is 11.1. The zero-order chi connectivity index (χ0) is 24.6. The number of aromatic nitrogens is 2. The summed E-state index contributed by atoms with van der Waals surface area (Å²) in [4.78, 5) is 18.7. The van der Waals surface area contributed by atoms with E-state index in [0.29, 0.717) is 49.4 Å². The number of carbonyl (C=O) groups is 1. The highest BCUT2D eigenvalue weighted by Crippen LogP contribution is 2.35. The number of carboxylic acids is 1. The molecule has 0 unspecified atom stereocenters. The monoisotopic (exact) mass is 496 g/mol. The summed E-state index contributed by atoms with van der Waals surface area (Å²) >= 11 is 1.53. The minimum absolute atomic E-state index is 0.0335. The standard InChI is InChI=1S/C26H28N2O6S/c1-3-9-34-24-16-35-26(28-24)17-5-8-22(23(12-17)31-2)33-11-4-10-32-19-6-7-21-20(14-19)18(15-27-21)13-25(29)30/h5-8,12,14-16,27H,3-4,9-11,13H2,1-2H3,(H,29,30). The molecule has 0 amide bonds. The van der Waals surface area contributed by atoms with Crippen molar-refractivity contribution in [2.75, 3.05) is 26.9 Å². The lowest BCUT2D eigenvalue weighted by atomic mass is 10.1. The lowest BCUT2D eigenvalue weighted by Gasteiger charge is -2.12. The van der Waals surface area contributed by atoms with Crippen molar-refractivity contribution < 1.29 is 28.8 Å². The Balaban J connectivity index is 1.30. The van der Waals surface area contributed by atoms with Crippen molar-refractivity contribution in [2.45, 2.75) is 26.2 Å². The van der Waals surface area contributed by atoms with Crippen molar-refractivity contribution in [1.29, 1.82) is 0 Å². The number of thiazole rings is 1. The van der Waals surface area contributed by atoms with Crippen LogP contribution in [-0.4, -0.2) is 48.0 Å². The average Bonchev–Trinajstić information content (AvgIpc) is 3.49. The summed E-state index contributed by atoms with van der Waals surface area (Å²) < 4.78 is 22.9. The molecule has 0 aliphatic rings. The third-order valence-corrected chi connectivity index (χ3v) is 6.11. The summed E-state index contributed by atoms with van der Waals surface area (Å²) in [5, 5.41) is 12.7. The van der Waals surface area contributed by atoms with Gasteiger partial charge >= 0.3 is 5.97 Å². The molecule has 9 heteroatoms. The van der Waals surface area contributed by atoms with Crippen LogP contribution in [0.4, 0.5) is 0 Å². The SMILES string of the molecule is CCCOc1csc(-c2ccc(OCCCOc3ccc4[nH]cc(CC(=O)O)c4c3)c(OC)c2)n1. The second kappa shape index (κ2) is 11.6. The molecule has 0 radical (unpaired) electrons. The fourth-order valence-corrected chi connectivity index (χ4v) is 4.31. The van der Waals surface area contributed by atoms with E-state index in [1.54, 1.807) is 13.3 Å². The molecule has 2 aromatic heterocycles. The molecule has 2 heterocycles. The van der Waals surface area contributed by atoms with E-state index in [4.69, 9.17) is 24.1 Å². The Hall–Kier alpha value is -3.72. The van der Waals surface area contributed by atoms with Crippen LogP contribution in [0.3, 0.4) is 0 Å². The highest BCUT2D eigenvalue weighted by Gasteiger charge is 2.12. The van der Waals surface area contributed by atoms with E-state index >= 15 is 0 Å². The van der Waals surface area contributed by atoms with E-state index in [0.717, 1.165) is 33.5 Å². The van der Waals surface area contributed by atoms with Gasteiger partial charge in [0.05, 0.1) is 38.7 Å². The first-order valence-electron chi connectivity index (χ1n) is 11.4. The minimum atomic E-state index is -0.866. The van der Waals surface area contributed by atoms with Crippen LogP contribution < -0.4 is 18.9 Å². The fraction of sp³-hybridized carbons (Fsp3) is 0.308. The number of hydrogen-bond acceptors (Lipinski definition) is 7. The largest absolute Gasteiger partial charge is 0.493 e. The van der Waals surface area contributed by atoms with Crippen molar-refractivity contribution in [3.63, 3.8) is 0 Å². The molecule has 0 saturated heterocycles. The van der Waals surface area contributed by atoms with Gasteiger partial charge in [0.25, 0.3) is 0 Å². The van der Waals surface area contributed by atoms with Gasteiger partial charge in [-0.2, -0.15) is 0 Å². The average molecular weight is 497 g/mol. The molecule has 0 saturated carbocycles. The van der Waals surface area contributed by atoms with E-state index in [-0.39, 0.29) is 6.42 Å². The molecule has 2 aromatic carbocycles. The van der Waals surface area contributed by atoms with E-state index in [1.807, 2.05) is 41.8 Å². The summed E-state index contributed by atoms with van der Waals surface area (Å²) in [6.45, 7) is 3.63. The van der Waals surface area contributed by atoms with Crippen LogP contribution in [0, 0.1) is 0 Å². The molecule has 4 aromatic rings. The Kier molecular flexibility index (Phi) is 8.10. The molecule has 0 spiro atoms. The highest BCUT2D eigenvalue weighted by molar-refractivity contribution is 7.13. The van der Waals surface area contributed by atoms with Crippen molar-refractivity contribution >= 4 is 28.2 Å². The number of H-pyrrole nitrogens is 1. The Morgan fingerprint density at radius 2 is 1.91 bits per heavy atom. The van der Waals surface area contributed by atoms with Gasteiger partial charge in [0.1, 0.15) is 10.8 Å². The molecule has 184 valence electrons. The first-order chi connectivity index (χ1) is 17.1. The van der Waals surface area contributed by atoms with Crippen LogP contribution >= 0.6 is 11.3 Å². The van der Waals surface area contributed by atoms with Gasteiger partial charge in [-0.25, -0.2) is 4.98 Å². The van der Waals surface area contributed by atoms with Crippen LogP contribution in [0.5, 0.6) is 23.1 Å². The summed E-state index contributed by atoms with van der Waals surface area (Å²) in [7, 11) is 1.61. The summed E-state index contributed by atoms with van der Waals surface area (Å²) in [5.41, 5.74) is 2.56. The van der Waals surface area contributed by atoms with Crippen molar-refractivity contribution in [3.05, 3.63) is 53.5 Å². The molecule has 0 aliphatic carbocycles. The van der Waals surface area contributed by atoms with Gasteiger partial charge in [0, 0.05) is 29.1 Å². The van der Waals surface area contributed by atoms with Gasteiger partial charge in [-0.15, -0.1) is 11.3 Å². The van der Waals surface area contributed by atoms with Gasteiger partial charge in [-0.1, -0.05) is 6.92 Å². The molecule has 0 fully saturated rings. The number of carboxylic acid groups (broad SMARTS) is 1. The smallest absolute Gasteiger partial charge is 0.307 e. The van der Waals surface area contributed by atoms with Crippen molar-refractivity contribution in [3.8, 4) is 33.7 Å². The number of nitrogens with one attached hydrogen (secondary N) is 1. The third kappa shape index (κ3) is 6.24. The summed E-state index contributed by atoms with van der Waals surface area (Å²) in [6.07, 6.45) is 3.30. The maximum absolute atomic E-state index is 11.1. The first kappa shape index (κ1) is 24.4. The second-order valence-electron chi connectivity index (χ2n) is 7.85. The van der Waals surface area contributed by atoms with Gasteiger partial charge < -0.3 is 29.0 Å². The predicted molar refractivity (Wildman–Crippen MR) is 135 cm³/mol. The highest BCUT2D eigenvalue weighted by atomic mass is 32.1. The minimum Gasteiger partial charge on any atom is -0.493 e. The molecule has 35 heavy (non-hydrogen) atoms. The second-order valence-corrected chi connectivity index (χ2v) is 8.71. The number of rotatable bonds is 13. The number of methoxy groups -OCH3 is 1. The van der Waals surface area contributed by atoms with Gasteiger partial charge in [-0.05, 0) is 48.4 Å². The molecule has 8 nitrogen and oxygen atoms in total. The summed E-state index contributed by atoms with van der Waals surface area (Å²) in [5.74, 6) is 1.76. The lowest BCUT2D eigenvalue weighted by Crippen LogP contribution is -2.06. The van der Waals surface area contributed by atoms with Crippen molar-refractivity contribution in [1.82, 2.24) is 9.97 Å². The van der Waals surface area contributed by atoms with Crippen LogP contribution in [0.1, 0.15) is 25.3 Å². The first-order valence-corrected chi connectivity index (χ1v) is 12.3. The van der Waals surface area contributed by atoms with Gasteiger partial charge in [0.2, 0.25) is 5.88 Å². The predicted octanol–water partition coefficient (Wildman–Crippen LogP) is 5.56. The molecule has 0 aliphatic heterocycles. The topological polar surface area (TPSA) is 103 Å². The van der Waals surface area contributed by atoms with Gasteiger partial charge in [0.15, 0.2) is 11.5 Å². The summed E-state index contributed by atoms with van der Waals surface area (Å²) in [6, 6.07) is 11.4. The van der Waals surface area contributed by atoms with E-state index in [1.165, 1.54) is 11.3 Å². The Bertz CT molecular complexity index is 1280. The normalized spacial score (nSPS) is 10.9. The lowest BCUT2D eigenvalue weighted by molar-refractivity contribution is -0.136. The molecule has 0 atom stereocenters. The van der Waals surface area contributed by atoms with Crippen LogP contribution in [-0.2, 0) is 11.2 Å². The quantitative estimate of drug-likeness (QED) is 0.234. The van der Waals surface area contributed by atoms with Gasteiger partial charge in [-0.3, -0.25) is 4.79 Å². The van der Waals surface area contributed by atoms with Crippen molar-refractivity contribution in [2.24, 2.45) is 0 Å². The molecule has 0 bridgehead atoms. The molecule has 2 N–H and O–H groups in total. The Morgan fingerprint density at radius 3 is 2.71 bits per heavy atom. The fourth-order valence-electron chi connectivity index (χ4n) is 3.57. The molecular formula is C26H28N2O6S. The van der Waals surface area contributed by atoms with Crippen LogP contribution in [0.15, 0.2) is 48.0 Å². The molecule has 4 rings (SSSR count). The zero-order valence-corrected chi connectivity index (χ0v) is 20.5. The third-order valence-electron chi connectivity index (χ3n) is 5.24. The number of hydrogen-bond donors (Lipinski definition) is 2. The van der Waals surface area contributed by atoms with E-state index in [2.05, 4.69) is 16.9 Å². The number of benzene rings is 2. The Labute approximate surface area is 207 Å².